The van der Waals surface area contributed by atoms with E-state index in [4.69, 9.17) is 4.74 Å². The Morgan fingerprint density at radius 2 is 0.837 bits per heavy atom. The highest BCUT2D eigenvalue weighted by Crippen LogP contribution is 2.38. The van der Waals surface area contributed by atoms with Gasteiger partial charge < -0.3 is 48.4 Å². The summed E-state index contributed by atoms with van der Waals surface area (Å²) in [6.45, 7) is 24.0. The Morgan fingerprint density at radius 3 is 1.29 bits per heavy atom. The maximum atomic E-state index is 13.4. The van der Waals surface area contributed by atoms with Gasteiger partial charge in [-0.15, -0.1) is 0 Å². The van der Waals surface area contributed by atoms with Gasteiger partial charge in [0.2, 0.25) is 0 Å². The molecule has 0 amide bonds. The molecule has 1 unspecified atom stereocenters. The standard InChI is InChI=1S/C30H31N5O2.C29H35N5O2.C27H28N6O2.C26H30N4O3/c1-21(2)18-35-27-25(29(36)33(4)30(35)37)20-34(28(27)32(3)24-10-6-5-7-11-24)19-22-13-15-23(16-14-22)26-12-8-9-17-31-26;1-20(2)17-34-25-19-33(18-21-12-14-22(15-13-21)24-11-8-16-31(24)3)27(30-23-9-6-5-7-10-23)26(25)28(35)32(4)29(34)36;1-19(2)15-33-23-17-32(16-20-9-11-22(12-10-20)31-14-13-28-18-31)25(29-21-7-5-4-6-8-21)24(23)26(34)30(3)27(33)35;1-17(2)15-30-23-18(3)29(16-19-11-13-21(33-5)14-12-19)24(27-20-9-7-6-8-10-20)22(23)25(31)28(4)26(30)32/h5-17,20-21H,18-19H2,1-4H3;5-7,9-10,12-15,19-20,24,30H,8,11,16-18H2,1-4H3;4-14,17-19,29H,15-16H2,1-3H3;6-14,17,27H,15-16H2,1-5H3. The summed E-state index contributed by atoms with van der Waals surface area (Å²) in [5, 5.41) is 12.5. The van der Waals surface area contributed by atoms with Gasteiger partial charge in [-0.05, 0) is 170 Å². The van der Waals surface area contributed by atoms with Crippen LogP contribution >= 0.6 is 0 Å². The van der Waals surface area contributed by atoms with Gasteiger partial charge in [0.15, 0.2) is 0 Å². The van der Waals surface area contributed by atoms with Crippen LogP contribution in [0.15, 0.2) is 318 Å². The Kier molecular flexibility index (Phi) is 29.8. The summed E-state index contributed by atoms with van der Waals surface area (Å²) in [5.74, 6) is 4.64. The zero-order chi connectivity index (χ0) is 99.7. The van der Waals surface area contributed by atoms with Gasteiger partial charge in [-0.3, -0.25) is 65.6 Å². The van der Waals surface area contributed by atoms with Crippen molar-refractivity contribution >= 4 is 89.6 Å². The quantitative estimate of drug-likeness (QED) is 0.0411. The molecule has 19 rings (SSSR count). The first-order valence-electron chi connectivity index (χ1n) is 48.0. The van der Waals surface area contributed by atoms with Gasteiger partial charge >= 0.3 is 22.8 Å². The molecular formula is C112H124N20O9. The molecule has 1 saturated heterocycles. The minimum absolute atomic E-state index is 0.232. The fraction of sp³-hybridized carbons (Fsp3) is 0.286. The van der Waals surface area contributed by atoms with Gasteiger partial charge in [0.1, 0.15) is 50.7 Å². The second-order valence-corrected chi connectivity index (χ2v) is 38.1. The summed E-state index contributed by atoms with van der Waals surface area (Å²) >= 11 is 0. The first-order chi connectivity index (χ1) is 67.9. The van der Waals surface area contributed by atoms with Gasteiger partial charge in [-0.2, -0.15) is 0 Å². The van der Waals surface area contributed by atoms with Crippen molar-refractivity contribution in [3.05, 3.63) is 397 Å². The monoisotopic (exact) mass is 1890 g/mol. The van der Waals surface area contributed by atoms with E-state index in [1.165, 1.54) is 36.7 Å². The molecule has 0 saturated carbocycles. The van der Waals surface area contributed by atoms with Crippen molar-refractivity contribution < 1.29 is 4.74 Å². The van der Waals surface area contributed by atoms with E-state index in [9.17, 15) is 38.4 Å². The Morgan fingerprint density at radius 1 is 0.418 bits per heavy atom. The summed E-state index contributed by atoms with van der Waals surface area (Å²) in [5.41, 5.74) is 13.5. The summed E-state index contributed by atoms with van der Waals surface area (Å²) in [7, 11) is 12.0. The molecule has 11 heterocycles. The number of para-hydroxylation sites is 4. The Bertz CT molecular complexity index is 7980. The number of nitrogens with zero attached hydrogens (tertiary/aromatic N) is 17. The van der Waals surface area contributed by atoms with Crippen molar-refractivity contribution in [2.75, 3.05) is 48.6 Å². The van der Waals surface area contributed by atoms with Crippen molar-refractivity contribution in [1.82, 2.24) is 74.2 Å². The summed E-state index contributed by atoms with van der Waals surface area (Å²) in [4.78, 5) is 119. The van der Waals surface area contributed by atoms with E-state index >= 15 is 0 Å². The molecule has 1 aliphatic rings. The number of aryl methyl sites for hydroxylation is 1. The lowest BCUT2D eigenvalue weighted by Gasteiger charge is -2.24. The van der Waals surface area contributed by atoms with E-state index in [-0.39, 0.29) is 68.7 Å². The number of pyridine rings is 1. The number of aromatic nitrogens is 15. The number of likely N-dealkylation sites (tertiary alicyclic amines) is 1. The molecule has 29 heteroatoms. The maximum Gasteiger partial charge on any atom is 0.331 e. The second kappa shape index (κ2) is 42.9. The Hall–Kier alpha value is -16.0. The topological polar surface area (TPSA) is 278 Å². The zero-order valence-corrected chi connectivity index (χ0v) is 83.0. The van der Waals surface area contributed by atoms with Crippen LogP contribution in [-0.4, -0.2) is 102 Å². The molecule has 0 spiro atoms. The smallest absolute Gasteiger partial charge is 0.331 e. The maximum absolute atomic E-state index is 13.4. The molecular weight excluding hydrogens is 1770 g/mol. The van der Waals surface area contributed by atoms with E-state index in [0.717, 1.165) is 85.8 Å². The van der Waals surface area contributed by atoms with Crippen molar-refractivity contribution in [2.24, 2.45) is 51.9 Å². The normalized spacial score (nSPS) is 12.6. The fourth-order valence-electron chi connectivity index (χ4n) is 18.7. The zero-order valence-electron chi connectivity index (χ0n) is 83.0. The van der Waals surface area contributed by atoms with Gasteiger partial charge in [0.05, 0.1) is 41.1 Å². The molecule has 3 N–H and O–H groups in total. The van der Waals surface area contributed by atoms with Crippen LogP contribution < -0.4 is 70.6 Å². The molecule has 1 aliphatic heterocycles. The Labute approximate surface area is 817 Å². The molecule has 0 radical (unpaired) electrons. The third-order valence-corrected chi connectivity index (χ3v) is 25.8. The van der Waals surface area contributed by atoms with E-state index in [1.54, 1.807) is 72.3 Å². The highest BCUT2D eigenvalue weighted by Gasteiger charge is 2.30. The molecule has 10 aromatic heterocycles. The number of anilines is 8. The number of hydrogen-bond donors (Lipinski definition) is 3. The average molecular weight is 1890 g/mol. The predicted molar refractivity (Wildman–Crippen MR) is 567 cm³/mol. The molecule has 8 aromatic carbocycles. The van der Waals surface area contributed by atoms with E-state index < -0.39 is 0 Å². The number of imidazole rings is 1. The molecule has 0 bridgehead atoms. The van der Waals surface area contributed by atoms with Crippen molar-refractivity contribution in [3.63, 3.8) is 0 Å². The number of fused-ring (bicyclic) bond motifs is 4. The molecule has 29 nitrogen and oxygen atoms in total. The fourth-order valence-corrected chi connectivity index (χ4v) is 18.7. The van der Waals surface area contributed by atoms with Gasteiger partial charge in [0, 0.05) is 171 Å². The number of rotatable bonds is 28. The summed E-state index contributed by atoms with van der Waals surface area (Å²) in [6, 6.07) is 78.9. The summed E-state index contributed by atoms with van der Waals surface area (Å²) in [6.07, 6.45) is 15.4. The second-order valence-electron chi connectivity index (χ2n) is 38.1. The minimum atomic E-state index is -0.308. The summed E-state index contributed by atoms with van der Waals surface area (Å²) < 4.78 is 27.2. The number of nitrogens with one attached hydrogen (secondary N) is 3. The molecule has 0 aliphatic carbocycles. The van der Waals surface area contributed by atoms with Crippen molar-refractivity contribution in [2.45, 2.75) is 134 Å². The van der Waals surface area contributed by atoms with Crippen molar-refractivity contribution in [1.29, 1.82) is 0 Å². The van der Waals surface area contributed by atoms with Crippen LogP contribution in [0.25, 0.3) is 60.6 Å². The first kappa shape index (κ1) is 98.0. The molecule has 1 fully saturated rings. The predicted octanol–water partition coefficient (Wildman–Crippen LogP) is 18.2. The molecule has 18 aromatic rings. The number of ether oxygens (including phenoxy) is 1. The first-order valence-corrected chi connectivity index (χ1v) is 48.0. The van der Waals surface area contributed by atoms with Crippen LogP contribution in [0.5, 0.6) is 5.75 Å². The highest BCUT2D eigenvalue weighted by atomic mass is 16.5. The van der Waals surface area contributed by atoms with Crippen LogP contribution in [0.3, 0.4) is 0 Å². The lowest BCUT2D eigenvalue weighted by molar-refractivity contribution is 0.317. The van der Waals surface area contributed by atoms with Crippen LogP contribution in [0.1, 0.15) is 108 Å². The van der Waals surface area contributed by atoms with Gasteiger partial charge in [-0.25, -0.2) is 24.2 Å². The lowest BCUT2D eigenvalue weighted by Crippen LogP contribution is -2.38. The van der Waals surface area contributed by atoms with Crippen LogP contribution in [-0.2, 0) is 80.5 Å². The molecule has 1 atom stereocenters. The van der Waals surface area contributed by atoms with Crippen LogP contribution in [0, 0.1) is 30.6 Å². The molecule has 726 valence electrons. The van der Waals surface area contributed by atoms with Crippen LogP contribution in [0.2, 0.25) is 0 Å². The van der Waals surface area contributed by atoms with Gasteiger partial charge in [0.25, 0.3) is 22.2 Å². The van der Waals surface area contributed by atoms with Gasteiger partial charge in [-0.1, -0.05) is 207 Å². The highest BCUT2D eigenvalue weighted by molar-refractivity contribution is 5.96. The largest absolute Gasteiger partial charge is 0.497 e. The molecule has 141 heavy (non-hydrogen) atoms. The minimum Gasteiger partial charge on any atom is -0.497 e. The number of methoxy groups -OCH3 is 1. The Balaban J connectivity index is 0.000000135. The number of hydrogen-bond acceptors (Lipinski definition) is 16. The SMILES string of the molecule is CC(C)Cn1c(=O)n(C)c(=O)c2c(Nc3ccccc3)n(Cc3ccc(-n4ccnc4)cc3)cc21.CC(C)Cn1c(=O)n(C)c(=O)c2c(Nc3ccccc3)n(Cc3ccc(C4CCCN4C)cc3)cc21.CC(C)Cn1c(=O)n(C)c(=O)c2cn(Cc3ccc(-c4ccccn4)cc3)c(N(C)c3ccccc3)c21.COc1ccc(Cn2c(Nc3ccccc3)c3c(=O)n(C)c(=O)n(CC(C)C)c3c2C)cc1. The van der Waals surface area contributed by atoms with E-state index in [2.05, 4.69) is 173 Å². The lowest BCUT2D eigenvalue weighted by atomic mass is 10.0. The average Bonchev–Trinajstić information content (AvgIpc) is 1.60. The van der Waals surface area contributed by atoms with Crippen LogP contribution in [0.4, 0.5) is 46.0 Å². The van der Waals surface area contributed by atoms with E-state index in [1.807, 2.05) is 224 Å². The van der Waals surface area contributed by atoms with E-state index in [0.29, 0.717) is 119 Å². The van der Waals surface area contributed by atoms with Crippen molar-refractivity contribution in [3.8, 4) is 22.7 Å². The third kappa shape index (κ3) is 21.2. The number of benzene rings is 8. The third-order valence-electron chi connectivity index (χ3n) is 25.8.